The number of methoxy groups -OCH3 is 2. The normalized spacial score (nSPS) is 14.3. The number of nitrogens with one attached hydrogen (secondary N) is 1. The highest BCUT2D eigenvalue weighted by Gasteiger charge is 2.23. The summed E-state index contributed by atoms with van der Waals surface area (Å²) in [6, 6.07) is 6.16. The SMILES string of the molecule is COc1ccc(C(=O)Nc2cc(C(=O)N3CCC(C)CC3)cn(C)c2=O)cc1OC. The summed E-state index contributed by atoms with van der Waals surface area (Å²) in [5.74, 6) is 0.879. The highest BCUT2D eigenvalue weighted by atomic mass is 16.5. The molecule has 0 bridgehead atoms. The van der Waals surface area contributed by atoms with Crippen molar-refractivity contribution in [3.05, 3.63) is 51.9 Å². The lowest BCUT2D eigenvalue weighted by Gasteiger charge is -2.30. The van der Waals surface area contributed by atoms with E-state index < -0.39 is 11.5 Å². The van der Waals surface area contributed by atoms with Gasteiger partial charge in [-0.1, -0.05) is 6.92 Å². The summed E-state index contributed by atoms with van der Waals surface area (Å²) < 4.78 is 11.7. The van der Waals surface area contributed by atoms with Crippen LogP contribution in [0.2, 0.25) is 0 Å². The maximum atomic E-state index is 12.9. The van der Waals surface area contributed by atoms with Crippen LogP contribution < -0.4 is 20.3 Å². The largest absolute Gasteiger partial charge is 0.493 e. The van der Waals surface area contributed by atoms with E-state index in [2.05, 4.69) is 12.2 Å². The Morgan fingerprint density at radius 2 is 1.70 bits per heavy atom. The van der Waals surface area contributed by atoms with E-state index in [1.807, 2.05) is 0 Å². The number of carbonyl (C=O) groups is 2. The molecule has 0 aliphatic carbocycles. The fourth-order valence-corrected chi connectivity index (χ4v) is 3.48. The highest BCUT2D eigenvalue weighted by molar-refractivity contribution is 6.05. The number of benzene rings is 1. The molecule has 2 aromatic rings. The van der Waals surface area contributed by atoms with Crippen LogP contribution >= 0.6 is 0 Å². The Morgan fingerprint density at radius 3 is 2.33 bits per heavy atom. The number of nitrogens with zero attached hydrogens (tertiary/aromatic N) is 2. The van der Waals surface area contributed by atoms with Gasteiger partial charge in [0.15, 0.2) is 11.5 Å². The standard InChI is InChI=1S/C22H27N3O5/c1-14-7-9-25(10-8-14)21(27)16-11-17(22(28)24(2)13-16)23-20(26)15-5-6-18(29-3)19(12-15)30-4/h5-6,11-14H,7-10H2,1-4H3,(H,23,26). The van der Waals surface area contributed by atoms with Crippen molar-refractivity contribution in [2.75, 3.05) is 32.6 Å². The minimum absolute atomic E-state index is 0.0495. The molecule has 0 saturated carbocycles. The number of ether oxygens (including phenoxy) is 2. The summed E-state index contributed by atoms with van der Waals surface area (Å²) in [5.41, 5.74) is 0.326. The topological polar surface area (TPSA) is 89.9 Å². The van der Waals surface area contributed by atoms with Crippen molar-refractivity contribution >= 4 is 17.5 Å². The first-order valence-corrected chi connectivity index (χ1v) is 9.87. The maximum Gasteiger partial charge on any atom is 0.274 e. The van der Waals surface area contributed by atoms with E-state index in [9.17, 15) is 14.4 Å². The number of aryl methyl sites for hydroxylation is 1. The highest BCUT2D eigenvalue weighted by Crippen LogP contribution is 2.28. The number of piperidine rings is 1. The number of likely N-dealkylation sites (tertiary alicyclic amines) is 1. The second kappa shape index (κ2) is 9.02. The molecule has 2 amide bonds. The molecule has 1 aliphatic heterocycles. The molecule has 3 rings (SSSR count). The summed E-state index contributed by atoms with van der Waals surface area (Å²) in [5, 5.41) is 2.62. The summed E-state index contributed by atoms with van der Waals surface area (Å²) in [4.78, 5) is 39.9. The monoisotopic (exact) mass is 413 g/mol. The van der Waals surface area contributed by atoms with E-state index >= 15 is 0 Å². The van der Waals surface area contributed by atoms with Crippen molar-refractivity contribution < 1.29 is 19.1 Å². The van der Waals surface area contributed by atoms with Crippen molar-refractivity contribution in [3.63, 3.8) is 0 Å². The Hall–Kier alpha value is -3.29. The molecule has 0 atom stereocenters. The van der Waals surface area contributed by atoms with Crippen molar-refractivity contribution in [3.8, 4) is 11.5 Å². The quantitative estimate of drug-likeness (QED) is 0.814. The van der Waals surface area contributed by atoms with Gasteiger partial charge in [-0.2, -0.15) is 0 Å². The molecule has 0 radical (unpaired) electrons. The number of aromatic nitrogens is 1. The molecule has 0 unspecified atom stereocenters. The number of amides is 2. The molecule has 1 aromatic carbocycles. The average molecular weight is 413 g/mol. The lowest BCUT2D eigenvalue weighted by molar-refractivity contribution is 0.0696. The summed E-state index contributed by atoms with van der Waals surface area (Å²) in [6.45, 7) is 3.56. The Balaban J connectivity index is 1.85. The van der Waals surface area contributed by atoms with Gasteiger partial charge in [-0.05, 0) is 43.0 Å². The molecule has 160 valence electrons. The maximum absolute atomic E-state index is 12.9. The van der Waals surface area contributed by atoms with Gasteiger partial charge in [-0.15, -0.1) is 0 Å². The predicted octanol–water partition coefficient (Wildman–Crippen LogP) is 2.53. The minimum atomic E-state index is -0.482. The van der Waals surface area contributed by atoms with Gasteiger partial charge < -0.3 is 24.3 Å². The van der Waals surface area contributed by atoms with E-state index in [0.717, 1.165) is 12.8 Å². The van der Waals surface area contributed by atoms with Gasteiger partial charge in [-0.3, -0.25) is 14.4 Å². The Kier molecular flexibility index (Phi) is 6.44. The van der Waals surface area contributed by atoms with E-state index in [1.165, 1.54) is 37.1 Å². The van der Waals surface area contributed by atoms with Crippen molar-refractivity contribution in [2.45, 2.75) is 19.8 Å². The fourth-order valence-electron chi connectivity index (χ4n) is 3.48. The van der Waals surface area contributed by atoms with Crippen LogP contribution in [0.5, 0.6) is 11.5 Å². The lowest BCUT2D eigenvalue weighted by Crippen LogP contribution is -2.38. The molecule has 8 nitrogen and oxygen atoms in total. The first-order valence-electron chi connectivity index (χ1n) is 9.87. The molecule has 1 aliphatic rings. The molecule has 0 spiro atoms. The van der Waals surface area contributed by atoms with Crippen molar-refractivity contribution in [1.29, 1.82) is 0 Å². The number of hydrogen-bond donors (Lipinski definition) is 1. The summed E-state index contributed by atoms with van der Waals surface area (Å²) >= 11 is 0. The van der Waals surface area contributed by atoms with E-state index in [4.69, 9.17) is 9.47 Å². The van der Waals surface area contributed by atoms with Crippen LogP contribution in [0.3, 0.4) is 0 Å². The van der Waals surface area contributed by atoms with Crippen LogP contribution in [0, 0.1) is 5.92 Å². The molecule has 8 heteroatoms. The van der Waals surface area contributed by atoms with Gasteiger partial charge in [-0.25, -0.2) is 0 Å². The molecule has 1 fully saturated rings. The van der Waals surface area contributed by atoms with E-state index in [-0.39, 0.29) is 11.6 Å². The van der Waals surface area contributed by atoms with Crippen LogP contribution in [0.25, 0.3) is 0 Å². The van der Waals surface area contributed by atoms with Gasteiger partial charge >= 0.3 is 0 Å². The van der Waals surface area contributed by atoms with Crippen LogP contribution in [0.15, 0.2) is 35.3 Å². The van der Waals surface area contributed by atoms with Gasteiger partial charge in [0.25, 0.3) is 17.4 Å². The smallest absolute Gasteiger partial charge is 0.274 e. The van der Waals surface area contributed by atoms with Crippen molar-refractivity contribution in [1.82, 2.24) is 9.47 Å². The Labute approximate surface area is 175 Å². The second-order valence-electron chi connectivity index (χ2n) is 7.56. The summed E-state index contributed by atoms with van der Waals surface area (Å²) in [7, 11) is 4.54. The molecular weight excluding hydrogens is 386 g/mol. The first kappa shape index (κ1) is 21.4. The molecule has 1 aromatic heterocycles. The number of carbonyl (C=O) groups excluding carboxylic acids is 2. The third-order valence-corrected chi connectivity index (χ3v) is 5.40. The van der Waals surface area contributed by atoms with Crippen LogP contribution in [-0.2, 0) is 7.05 Å². The van der Waals surface area contributed by atoms with Crippen molar-refractivity contribution in [2.24, 2.45) is 13.0 Å². The van der Waals surface area contributed by atoms with Crippen LogP contribution in [0.4, 0.5) is 5.69 Å². The Bertz CT molecular complexity index is 1010. The van der Waals surface area contributed by atoms with Gasteiger partial charge in [0, 0.05) is 31.9 Å². The van der Waals surface area contributed by atoms with Gasteiger partial charge in [0.05, 0.1) is 19.8 Å². The molecule has 1 saturated heterocycles. The minimum Gasteiger partial charge on any atom is -0.493 e. The number of hydrogen-bond acceptors (Lipinski definition) is 5. The number of rotatable bonds is 5. The number of anilines is 1. The molecular formula is C22H27N3O5. The van der Waals surface area contributed by atoms with Crippen LogP contribution in [0.1, 0.15) is 40.5 Å². The predicted molar refractivity (Wildman–Crippen MR) is 113 cm³/mol. The second-order valence-corrected chi connectivity index (χ2v) is 7.56. The van der Waals surface area contributed by atoms with E-state index in [1.54, 1.807) is 24.1 Å². The van der Waals surface area contributed by atoms with E-state index in [0.29, 0.717) is 41.6 Å². The average Bonchev–Trinajstić information content (AvgIpc) is 2.76. The first-order chi connectivity index (χ1) is 14.3. The molecule has 30 heavy (non-hydrogen) atoms. The third kappa shape index (κ3) is 4.48. The van der Waals surface area contributed by atoms with Gasteiger partial charge in [0.1, 0.15) is 5.69 Å². The third-order valence-electron chi connectivity index (χ3n) is 5.40. The zero-order valence-corrected chi connectivity index (χ0v) is 17.7. The lowest BCUT2D eigenvalue weighted by atomic mass is 9.99. The Morgan fingerprint density at radius 1 is 1.03 bits per heavy atom. The van der Waals surface area contributed by atoms with Gasteiger partial charge in [0.2, 0.25) is 0 Å². The summed E-state index contributed by atoms with van der Waals surface area (Å²) in [6.07, 6.45) is 3.43. The molecule has 2 heterocycles. The zero-order valence-electron chi connectivity index (χ0n) is 17.7. The van der Waals surface area contributed by atoms with Crippen LogP contribution in [-0.4, -0.2) is 48.6 Å². The molecule has 1 N–H and O–H groups in total. The fraction of sp³-hybridized carbons (Fsp3) is 0.409. The zero-order chi connectivity index (χ0) is 21.8. The number of pyridine rings is 1.